The lowest BCUT2D eigenvalue weighted by atomic mass is 9.84. The van der Waals surface area contributed by atoms with Gasteiger partial charge in [0.25, 0.3) is 0 Å². The number of nitrogens with two attached hydrogens (primary N) is 3. The first-order valence-electron chi connectivity index (χ1n) is 7.53. The lowest BCUT2D eigenvalue weighted by molar-refractivity contribution is -0.248. The third-order valence-electron chi connectivity index (χ3n) is 4.44. The molecule has 8 nitrogen and oxygen atoms in total. The summed E-state index contributed by atoms with van der Waals surface area (Å²) in [7, 11) is 1.68. The Morgan fingerprint density at radius 3 is 2.57 bits per heavy atom. The fourth-order valence-electron chi connectivity index (χ4n) is 3.12. The molecule has 1 saturated carbocycles. The van der Waals surface area contributed by atoms with Crippen LogP contribution in [0.2, 0.25) is 0 Å². The zero-order valence-electron chi connectivity index (χ0n) is 12.4. The summed E-state index contributed by atoms with van der Waals surface area (Å²) in [6, 6.07) is -1.24. The summed E-state index contributed by atoms with van der Waals surface area (Å²) in [6.45, 7) is 0.406. The Balaban J connectivity index is 2.02. The van der Waals surface area contributed by atoms with Crippen LogP contribution in [0, 0.1) is 0 Å². The topological polar surface area (TPSA) is 149 Å². The zero-order valence-corrected chi connectivity index (χ0v) is 12.4. The molecule has 8 heteroatoms. The second kappa shape index (κ2) is 7.30. The minimum atomic E-state index is -0.928. The van der Waals surface area contributed by atoms with E-state index in [-0.39, 0.29) is 12.1 Å². The molecule has 8 atom stereocenters. The molecule has 2 fully saturated rings. The van der Waals surface area contributed by atoms with E-state index in [0.717, 1.165) is 12.8 Å². The predicted octanol–water partition coefficient (Wildman–Crippen LogP) is -2.80. The van der Waals surface area contributed by atoms with E-state index in [1.54, 1.807) is 7.05 Å². The molecule has 0 aromatic heterocycles. The van der Waals surface area contributed by atoms with Gasteiger partial charge in [0.2, 0.25) is 0 Å². The van der Waals surface area contributed by atoms with Gasteiger partial charge in [0.1, 0.15) is 6.10 Å². The third-order valence-corrected chi connectivity index (χ3v) is 4.44. The van der Waals surface area contributed by atoms with Gasteiger partial charge in [-0.15, -0.1) is 0 Å². The van der Waals surface area contributed by atoms with Gasteiger partial charge in [0.05, 0.1) is 30.4 Å². The van der Waals surface area contributed by atoms with Crippen molar-refractivity contribution in [2.75, 3.05) is 13.6 Å². The maximum atomic E-state index is 10.4. The van der Waals surface area contributed by atoms with E-state index >= 15 is 0 Å². The molecule has 9 N–H and O–H groups in total. The molecule has 1 saturated heterocycles. The van der Waals surface area contributed by atoms with Crippen LogP contribution in [-0.2, 0) is 9.47 Å². The van der Waals surface area contributed by atoms with Gasteiger partial charge in [-0.1, -0.05) is 0 Å². The number of hydrogen-bond donors (Lipinski definition) is 6. The summed E-state index contributed by atoms with van der Waals surface area (Å²) >= 11 is 0. The zero-order chi connectivity index (χ0) is 15.6. The van der Waals surface area contributed by atoms with E-state index in [0.29, 0.717) is 13.0 Å². The highest BCUT2D eigenvalue weighted by Gasteiger charge is 2.44. The van der Waals surface area contributed by atoms with Gasteiger partial charge in [-0.25, -0.2) is 0 Å². The van der Waals surface area contributed by atoms with Crippen molar-refractivity contribution in [2.45, 2.75) is 68.1 Å². The largest absolute Gasteiger partial charge is 0.391 e. The van der Waals surface area contributed by atoms with Crippen LogP contribution in [0.4, 0.5) is 0 Å². The van der Waals surface area contributed by atoms with Gasteiger partial charge in [0.15, 0.2) is 6.29 Å². The van der Waals surface area contributed by atoms with Crippen LogP contribution in [0.25, 0.3) is 0 Å². The summed E-state index contributed by atoms with van der Waals surface area (Å²) in [5.41, 5.74) is 17.7. The molecule has 0 aromatic carbocycles. The molecule has 0 radical (unpaired) electrons. The second-order valence-corrected chi connectivity index (χ2v) is 5.98. The first-order chi connectivity index (χ1) is 9.97. The molecule has 0 amide bonds. The van der Waals surface area contributed by atoms with Gasteiger partial charge >= 0.3 is 0 Å². The highest BCUT2D eigenvalue weighted by molar-refractivity contribution is 4.99. The molecular formula is C13H28N4O4. The molecule has 2 rings (SSSR count). The molecule has 124 valence electrons. The Labute approximate surface area is 124 Å². The van der Waals surface area contributed by atoms with E-state index in [9.17, 15) is 10.2 Å². The Morgan fingerprint density at radius 1 is 1.24 bits per heavy atom. The van der Waals surface area contributed by atoms with Crippen molar-refractivity contribution < 1.29 is 19.7 Å². The number of ether oxygens (including phenoxy) is 2. The highest BCUT2D eigenvalue weighted by atomic mass is 16.7. The van der Waals surface area contributed by atoms with Crippen molar-refractivity contribution in [3.05, 3.63) is 0 Å². The molecule has 0 spiro atoms. The molecule has 21 heavy (non-hydrogen) atoms. The Hall–Kier alpha value is -0.320. The van der Waals surface area contributed by atoms with Gasteiger partial charge in [-0.3, -0.25) is 0 Å². The predicted molar refractivity (Wildman–Crippen MR) is 77.3 cm³/mol. The molecule has 1 heterocycles. The fraction of sp³-hybridized carbons (Fsp3) is 1.00. The van der Waals surface area contributed by atoms with Crippen LogP contribution in [-0.4, -0.2) is 72.6 Å². The van der Waals surface area contributed by atoms with Crippen molar-refractivity contribution in [1.82, 2.24) is 5.32 Å². The number of aliphatic hydroxyl groups excluding tert-OH is 2. The smallest absolute Gasteiger partial charge is 0.173 e. The van der Waals surface area contributed by atoms with Crippen molar-refractivity contribution in [2.24, 2.45) is 17.2 Å². The second-order valence-electron chi connectivity index (χ2n) is 5.98. The lowest BCUT2D eigenvalue weighted by Crippen LogP contribution is -2.65. The van der Waals surface area contributed by atoms with Crippen molar-refractivity contribution >= 4 is 0 Å². The molecule has 2 aliphatic rings. The summed E-state index contributed by atoms with van der Waals surface area (Å²) in [5.74, 6) is 0. The number of aliphatic hydroxyl groups is 2. The molecule has 0 bridgehead atoms. The van der Waals surface area contributed by atoms with E-state index < -0.39 is 36.7 Å². The maximum absolute atomic E-state index is 10.4. The molecular weight excluding hydrogens is 276 g/mol. The number of rotatable bonds is 4. The van der Waals surface area contributed by atoms with E-state index in [1.807, 2.05) is 0 Å². The number of hydrogen-bond acceptors (Lipinski definition) is 8. The van der Waals surface area contributed by atoms with E-state index in [4.69, 9.17) is 26.7 Å². The van der Waals surface area contributed by atoms with E-state index in [1.165, 1.54) is 0 Å². The summed E-state index contributed by atoms with van der Waals surface area (Å²) < 4.78 is 11.6. The fourth-order valence-corrected chi connectivity index (χ4v) is 3.12. The van der Waals surface area contributed by atoms with Crippen molar-refractivity contribution in [3.63, 3.8) is 0 Å². The van der Waals surface area contributed by atoms with Crippen LogP contribution in [0.3, 0.4) is 0 Å². The summed E-state index contributed by atoms with van der Waals surface area (Å²) in [4.78, 5) is 0. The SMILES string of the molecule is CN[C@@H]1[C@@H](O)[C@H](O[C@@H]2O[C@H](CN)CC[C@H]2N)[C@@H](N)C[C@H]1O. The average Bonchev–Trinajstić information content (AvgIpc) is 2.45. The van der Waals surface area contributed by atoms with Crippen LogP contribution >= 0.6 is 0 Å². The molecule has 1 aliphatic heterocycles. The minimum absolute atomic E-state index is 0.0857. The van der Waals surface area contributed by atoms with Crippen LogP contribution < -0.4 is 22.5 Å². The highest BCUT2D eigenvalue weighted by Crippen LogP contribution is 2.26. The first-order valence-corrected chi connectivity index (χ1v) is 7.53. The first kappa shape index (κ1) is 17.0. The summed E-state index contributed by atoms with van der Waals surface area (Å²) in [5, 5.41) is 23.2. The van der Waals surface area contributed by atoms with Crippen LogP contribution in [0.1, 0.15) is 19.3 Å². The van der Waals surface area contributed by atoms with Gasteiger partial charge in [-0.2, -0.15) is 0 Å². The molecule has 0 aromatic rings. The Morgan fingerprint density at radius 2 is 1.95 bits per heavy atom. The van der Waals surface area contributed by atoms with Crippen molar-refractivity contribution in [1.29, 1.82) is 0 Å². The normalized spacial score (nSPS) is 48.3. The van der Waals surface area contributed by atoms with Crippen LogP contribution in [0.5, 0.6) is 0 Å². The van der Waals surface area contributed by atoms with Gasteiger partial charge < -0.3 is 42.2 Å². The van der Waals surface area contributed by atoms with Gasteiger partial charge in [-0.05, 0) is 26.3 Å². The average molecular weight is 304 g/mol. The Kier molecular flexibility index (Phi) is 5.92. The van der Waals surface area contributed by atoms with Gasteiger partial charge in [0, 0.05) is 12.6 Å². The molecule has 1 aliphatic carbocycles. The third kappa shape index (κ3) is 3.72. The maximum Gasteiger partial charge on any atom is 0.173 e. The lowest BCUT2D eigenvalue weighted by Gasteiger charge is -2.44. The number of likely N-dealkylation sites (N-methyl/N-ethyl adjacent to an activating group) is 1. The van der Waals surface area contributed by atoms with E-state index in [2.05, 4.69) is 5.32 Å². The monoisotopic (exact) mass is 304 g/mol. The number of nitrogens with one attached hydrogen (secondary N) is 1. The van der Waals surface area contributed by atoms with Crippen molar-refractivity contribution in [3.8, 4) is 0 Å². The summed E-state index contributed by atoms with van der Waals surface area (Å²) in [6.07, 6.45) is -1.10. The standard InChI is InChI=1S/C13H28N4O4/c1-17-10-9(18)4-8(16)12(11(10)19)21-13-7(15)3-2-6(5-14)20-13/h6-13,17-19H,2-5,14-16H2,1H3/t6-,7+,8-,9+,10-,11+,12+,13-/m0/s1. The van der Waals surface area contributed by atoms with Crippen LogP contribution in [0.15, 0.2) is 0 Å². The Bertz CT molecular complexity index is 335. The molecule has 0 unspecified atom stereocenters. The minimum Gasteiger partial charge on any atom is -0.391 e. The quantitative estimate of drug-likeness (QED) is 0.326.